The van der Waals surface area contributed by atoms with Crippen molar-refractivity contribution >= 4 is 35.1 Å². The van der Waals surface area contributed by atoms with Gasteiger partial charge in [0.1, 0.15) is 0 Å². The van der Waals surface area contributed by atoms with Gasteiger partial charge < -0.3 is 16.0 Å². The molecule has 1 heterocycles. The summed E-state index contributed by atoms with van der Waals surface area (Å²) in [5.74, 6) is -0.119. The fourth-order valence-corrected chi connectivity index (χ4v) is 3.07. The second-order valence-electron chi connectivity index (χ2n) is 4.91. The van der Waals surface area contributed by atoms with E-state index in [2.05, 4.69) is 16.0 Å². The first-order chi connectivity index (χ1) is 10.4. The van der Waals surface area contributed by atoms with Crippen LogP contribution in [0.3, 0.4) is 0 Å². The van der Waals surface area contributed by atoms with Crippen LogP contribution in [0.4, 0.5) is 16.2 Å². The fraction of sp³-hybridized carbons (Fsp3) is 0.385. The first-order valence-electron chi connectivity index (χ1n) is 6.67. The Morgan fingerprint density at radius 1 is 1.50 bits per heavy atom. The first kappa shape index (κ1) is 16.1. The first-order valence-corrected chi connectivity index (χ1v) is 7.72. The van der Waals surface area contributed by atoms with Gasteiger partial charge in [0.15, 0.2) is 0 Å². The molecule has 1 aliphatic heterocycles. The molecule has 2 unspecified atom stereocenters. The number of thioether (sulfide) groups is 1. The van der Waals surface area contributed by atoms with E-state index in [0.717, 1.165) is 6.42 Å². The summed E-state index contributed by atoms with van der Waals surface area (Å²) in [6.07, 6.45) is 0.723. The molecule has 3 amide bonds. The third-order valence-electron chi connectivity index (χ3n) is 2.99. The van der Waals surface area contributed by atoms with Crippen molar-refractivity contribution in [2.45, 2.75) is 24.8 Å². The molecular formula is C13H16N4O4S. The van der Waals surface area contributed by atoms with Gasteiger partial charge in [0.25, 0.3) is 5.69 Å². The molecule has 1 fully saturated rings. The topological polar surface area (TPSA) is 113 Å². The van der Waals surface area contributed by atoms with Crippen LogP contribution < -0.4 is 16.0 Å². The molecule has 0 spiro atoms. The Morgan fingerprint density at radius 3 is 2.95 bits per heavy atom. The van der Waals surface area contributed by atoms with Gasteiger partial charge in [-0.2, -0.15) is 0 Å². The molecule has 1 aromatic rings. The number of non-ortho nitro benzene ring substituents is 1. The van der Waals surface area contributed by atoms with Crippen LogP contribution in [-0.2, 0) is 4.79 Å². The Labute approximate surface area is 131 Å². The van der Waals surface area contributed by atoms with E-state index in [9.17, 15) is 19.7 Å². The summed E-state index contributed by atoms with van der Waals surface area (Å²) < 4.78 is 0. The molecule has 22 heavy (non-hydrogen) atoms. The van der Waals surface area contributed by atoms with Gasteiger partial charge in [0, 0.05) is 23.9 Å². The number of carbonyl (C=O) groups excluding carboxylic acids is 2. The van der Waals surface area contributed by atoms with E-state index < -0.39 is 4.92 Å². The van der Waals surface area contributed by atoms with Crippen LogP contribution in [0.2, 0.25) is 0 Å². The molecule has 0 aliphatic carbocycles. The monoisotopic (exact) mass is 324 g/mol. The second kappa shape index (κ2) is 7.12. The van der Waals surface area contributed by atoms with Gasteiger partial charge in [-0.1, -0.05) is 6.07 Å². The van der Waals surface area contributed by atoms with E-state index in [0.29, 0.717) is 5.69 Å². The SMILES string of the molecule is CC1CC(SCC(=O)Nc2cccc([N+](=O)[O-])c2)NC(=O)N1. The zero-order valence-corrected chi connectivity index (χ0v) is 12.7. The third-order valence-corrected chi connectivity index (χ3v) is 4.14. The largest absolute Gasteiger partial charge is 0.336 e. The molecule has 118 valence electrons. The van der Waals surface area contributed by atoms with Crippen molar-refractivity contribution in [1.82, 2.24) is 10.6 Å². The summed E-state index contributed by atoms with van der Waals surface area (Å²) in [4.78, 5) is 33.3. The smallest absolute Gasteiger partial charge is 0.315 e. The van der Waals surface area contributed by atoms with Crippen LogP contribution in [-0.4, -0.2) is 34.0 Å². The molecular weight excluding hydrogens is 308 g/mol. The van der Waals surface area contributed by atoms with E-state index in [1.807, 2.05) is 6.92 Å². The van der Waals surface area contributed by atoms with Gasteiger partial charge >= 0.3 is 6.03 Å². The molecule has 0 bridgehead atoms. The summed E-state index contributed by atoms with van der Waals surface area (Å²) in [6.45, 7) is 1.90. The Hall–Kier alpha value is -2.29. The highest BCUT2D eigenvalue weighted by Crippen LogP contribution is 2.19. The van der Waals surface area contributed by atoms with Crippen LogP contribution in [0, 0.1) is 10.1 Å². The average molecular weight is 324 g/mol. The number of hydrogen-bond donors (Lipinski definition) is 3. The lowest BCUT2D eigenvalue weighted by molar-refractivity contribution is -0.384. The normalized spacial score (nSPS) is 20.7. The predicted octanol–water partition coefficient (Wildman–Crippen LogP) is 1.68. The third kappa shape index (κ3) is 4.62. The van der Waals surface area contributed by atoms with Crippen molar-refractivity contribution in [3.8, 4) is 0 Å². The van der Waals surface area contributed by atoms with Crippen molar-refractivity contribution in [2.75, 3.05) is 11.1 Å². The number of anilines is 1. The highest BCUT2D eigenvalue weighted by molar-refractivity contribution is 8.00. The lowest BCUT2D eigenvalue weighted by atomic mass is 10.2. The maximum Gasteiger partial charge on any atom is 0.315 e. The number of nitrogens with zero attached hydrogens (tertiary/aromatic N) is 1. The van der Waals surface area contributed by atoms with Crippen LogP contribution in [0.15, 0.2) is 24.3 Å². The summed E-state index contributed by atoms with van der Waals surface area (Å²) >= 11 is 1.32. The number of carbonyl (C=O) groups is 2. The Balaban J connectivity index is 1.84. The molecule has 2 atom stereocenters. The maximum atomic E-state index is 11.9. The highest BCUT2D eigenvalue weighted by atomic mass is 32.2. The van der Waals surface area contributed by atoms with E-state index in [4.69, 9.17) is 0 Å². The number of amides is 3. The number of nitro benzene ring substituents is 1. The van der Waals surface area contributed by atoms with Crippen LogP contribution in [0.25, 0.3) is 0 Å². The zero-order chi connectivity index (χ0) is 16.1. The number of hydrogen-bond acceptors (Lipinski definition) is 5. The minimum atomic E-state index is -0.518. The molecule has 0 aromatic heterocycles. The minimum Gasteiger partial charge on any atom is -0.336 e. The lowest BCUT2D eigenvalue weighted by Crippen LogP contribution is -2.52. The molecule has 1 aromatic carbocycles. The number of benzene rings is 1. The second-order valence-corrected chi connectivity index (χ2v) is 6.10. The van der Waals surface area contributed by atoms with E-state index in [-0.39, 0.29) is 34.8 Å². The van der Waals surface area contributed by atoms with Crippen LogP contribution in [0.5, 0.6) is 0 Å². The predicted molar refractivity (Wildman–Crippen MR) is 83.7 cm³/mol. The minimum absolute atomic E-state index is 0.0612. The van der Waals surface area contributed by atoms with E-state index in [1.165, 1.54) is 30.0 Å². The lowest BCUT2D eigenvalue weighted by Gasteiger charge is -2.28. The summed E-state index contributed by atoms with van der Waals surface area (Å²) in [6, 6.07) is 5.58. The number of rotatable bonds is 5. The Morgan fingerprint density at radius 2 is 2.27 bits per heavy atom. The van der Waals surface area contributed by atoms with Crippen molar-refractivity contribution in [2.24, 2.45) is 0 Å². The summed E-state index contributed by atoms with van der Waals surface area (Å²) in [7, 11) is 0. The van der Waals surface area contributed by atoms with Gasteiger partial charge in [-0.3, -0.25) is 14.9 Å². The van der Waals surface area contributed by atoms with Gasteiger partial charge in [-0.05, 0) is 19.4 Å². The van der Waals surface area contributed by atoms with Gasteiger partial charge in [-0.25, -0.2) is 4.79 Å². The average Bonchev–Trinajstić information content (AvgIpc) is 2.44. The molecule has 0 saturated carbocycles. The number of nitrogens with one attached hydrogen (secondary N) is 3. The van der Waals surface area contributed by atoms with Gasteiger partial charge in [0.2, 0.25) is 5.91 Å². The van der Waals surface area contributed by atoms with Gasteiger partial charge in [0.05, 0.1) is 16.1 Å². The zero-order valence-electron chi connectivity index (χ0n) is 11.9. The van der Waals surface area contributed by atoms with Crippen molar-refractivity contribution in [3.05, 3.63) is 34.4 Å². The van der Waals surface area contributed by atoms with Crippen molar-refractivity contribution in [1.29, 1.82) is 0 Å². The quantitative estimate of drug-likeness (QED) is 0.563. The fourth-order valence-electron chi connectivity index (χ4n) is 2.03. The molecule has 8 nitrogen and oxygen atoms in total. The summed E-state index contributed by atoms with van der Waals surface area (Å²) in [5.41, 5.74) is 0.299. The van der Waals surface area contributed by atoms with Crippen molar-refractivity contribution in [3.63, 3.8) is 0 Å². The number of nitro groups is 1. The summed E-state index contributed by atoms with van der Waals surface area (Å²) in [5, 5.41) is 18.6. The van der Waals surface area contributed by atoms with Gasteiger partial charge in [-0.15, -0.1) is 11.8 Å². The molecule has 0 radical (unpaired) electrons. The molecule has 9 heteroatoms. The van der Waals surface area contributed by atoms with E-state index in [1.54, 1.807) is 6.07 Å². The molecule has 2 rings (SSSR count). The molecule has 1 saturated heterocycles. The standard InChI is InChI=1S/C13H16N4O4S/c1-8-5-12(16-13(19)14-8)22-7-11(18)15-9-3-2-4-10(6-9)17(20)21/h2-4,6,8,12H,5,7H2,1H3,(H,15,18)(H2,14,16,19). The molecule has 3 N–H and O–H groups in total. The number of urea groups is 1. The molecule has 1 aliphatic rings. The van der Waals surface area contributed by atoms with Crippen molar-refractivity contribution < 1.29 is 14.5 Å². The van der Waals surface area contributed by atoms with Crippen LogP contribution >= 0.6 is 11.8 Å². The highest BCUT2D eigenvalue weighted by Gasteiger charge is 2.23. The van der Waals surface area contributed by atoms with Crippen LogP contribution in [0.1, 0.15) is 13.3 Å². The Bertz CT molecular complexity index is 595. The Kier molecular flexibility index (Phi) is 5.21. The van der Waals surface area contributed by atoms with E-state index >= 15 is 0 Å². The maximum absolute atomic E-state index is 11.9.